The second kappa shape index (κ2) is 5.12. The highest BCUT2D eigenvalue weighted by Gasteiger charge is 2.14. The third-order valence-corrected chi connectivity index (χ3v) is 2.92. The standard InChI is InChI=1S/C12H19N5/c1-9-8-10(2)15-12(14-9)16-11(13)17-6-4-3-5-7-17/h8H,3-7H2,1-2H3,(H2,13,14,15,16)/p+1. The zero-order valence-electron chi connectivity index (χ0n) is 10.5. The van der Waals surface area contributed by atoms with Crippen molar-refractivity contribution in [3.8, 4) is 0 Å². The van der Waals surface area contributed by atoms with Crippen LogP contribution in [0.1, 0.15) is 30.7 Å². The molecule has 0 aliphatic carbocycles. The zero-order chi connectivity index (χ0) is 12.3. The lowest BCUT2D eigenvalue weighted by atomic mass is 10.2. The van der Waals surface area contributed by atoms with Gasteiger partial charge in [0.25, 0.3) is 5.95 Å². The summed E-state index contributed by atoms with van der Waals surface area (Å²) in [7, 11) is 0. The second-order valence-electron chi connectivity index (χ2n) is 4.53. The Morgan fingerprint density at radius 3 is 2.35 bits per heavy atom. The summed E-state index contributed by atoms with van der Waals surface area (Å²) >= 11 is 0. The van der Waals surface area contributed by atoms with E-state index < -0.39 is 0 Å². The van der Waals surface area contributed by atoms with Gasteiger partial charge in [-0.25, -0.2) is 15.3 Å². The summed E-state index contributed by atoms with van der Waals surface area (Å²) in [4.78, 5) is 8.64. The van der Waals surface area contributed by atoms with Gasteiger partial charge in [-0.05, 0) is 39.2 Å². The molecule has 0 unspecified atom stereocenters. The Bertz CT molecular complexity index is 410. The molecule has 3 N–H and O–H groups in total. The van der Waals surface area contributed by atoms with Crippen molar-refractivity contribution in [2.75, 3.05) is 18.4 Å². The Labute approximate surface area is 102 Å². The second-order valence-corrected chi connectivity index (χ2v) is 4.53. The predicted octanol–water partition coefficient (Wildman–Crippen LogP) is 1.02. The lowest BCUT2D eigenvalue weighted by Gasteiger charge is -2.15. The summed E-state index contributed by atoms with van der Waals surface area (Å²) in [5, 5.41) is 3.09. The van der Waals surface area contributed by atoms with Crippen molar-refractivity contribution in [3.63, 3.8) is 0 Å². The Morgan fingerprint density at radius 2 is 1.76 bits per heavy atom. The number of piperidine rings is 1. The van der Waals surface area contributed by atoms with Crippen LogP contribution in [0, 0.1) is 13.8 Å². The summed E-state index contributed by atoms with van der Waals surface area (Å²) in [6, 6.07) is 1.95. The first-order valence-corrected chi connectivity index (χ1v) is 6.12. The molecule has 0 aromatic carbocycles. The van der Waals surface area contributed by atoms with Gasteiger partial charge in [-0.15, -0.1) is 0 Å². The fourth-order valence-electron chi connectivity index (χ4n) is 2.11. The third-order valence-electron chi connectivity index (χ3n) is 2.92. The molecule has 2 heterocycles. The smallest absolute Gasteiger partial charge is 0.290 e. The summed E-state index contributed by atoms with van der Waals surface area (Å²) in [5.74, 6) is 1.25. The van der Waals surface area contributed by atoms with Crippen LogP contribution in [0.25, 0.3) is 0 Å². The highest BCUT2D eigenvalue weighted by molar-refractivity contribution is 5.86. The molecular weight excluding hydrogens is 214 g/mol. The Balaban J connectivity index is 2.14. The van der Waals surface area contributed by atoms with Gasteiger partial charge in [0.1, 0.15) is 0 Å². The van der Waals surface area contributed by atoms with E-state index in [1.54, 1.807) is 0 Å². The van der Waals surface area contributed by atoms with Gasteiger partial charge >= 0.3 is 5.96 Å². The lowest BCUT2D eigenvalue weighted by Crippen LogP contribution is -2.38. The molecule has 1 aromatic heterocycles. The average Bonchev–Trinajstić information content (AvgIpc) is 2.28. The van der Waals surface area contributed by atoms with Crippen LogP contribution in [-0.4, -0.2) is 33.6 Å². The summed E-state index contributed by atoms with van der Waals surface area (Å²) in [6.45, 7) is 5.95. The normalized spacial score (nSPS) is 15.8. The van der Waals surface area contributed by atoms with Crippen LogP contribution in [0.15, 0.2) is 6.07 Å². The highest BCUT2D eigenvalue weighted by Crippen LogP contribution is 2.06. The number of hydrogen-bond donors (Lipinski definition) is 2. The van der Waals surface area contributed by atoms with Gasteiger partial charge in [0.05, 0.1) is 13.1 Å². The quantitative estimate of drug-likeness (QED) is 0.562. The lowest BCUT2D eigenvalue weighted by molar-refractivity contribution is -0.538. The van der Waals surface area contributed by atoms with E-state index in [0.29, 0.717) is 11.9 Å². The van der Waals surface area contributed by atoms with Crippen molar-refractivity contribution in [3.05, 3.63) is 17.5 Å². The molecule has 0 atom stereocenters. The molecule has 5 heteroatoms. The van der Waals surface area contributed by atoms with Crippen LogP contribution >= 0.6 is 0 Å². The fraction of sp³-hybridized carbons (Fsp3) is 0.583. The summed E-state index contributed by atoms with van der Waals surface area (Å²) in [6.07, 6.45) is 3.70. The topological polar surface area (TPSA) is 66.8 Å². The molecule has 5 nitrogen and oxygen atoms in total. The molecule has 0 bridgehead atoms. The molecule has 1 fully saturated rings. The van der Waals surface area contributed by atoms with Gasteiger partial charge in [0.2, 0.25) is 0 Å². The molecule has 1 saturated heterocycles. The number of nitrogens with one attached hydrogen (secondary N) is 1. The maximum atomic E-state index is 6.03. The molecule has 2 rings (SSSR count). The van der Waals surface area contributed by atoms with Crippen LogP contribution in [0.4, 0.5) is 5.95 Å². The molecule has 17 heavy (non-hydrogen) atoms. The van der Waals surface area contributed by atoms with Crippen molar-refractivity contribution in [2.45, 2.75) is 33.1 Å². The fourth-order valence-corrected chi connectivity index (χ4v) is 2.11. The molecule has 0 amide bonds. The van der Waals surface area contributed by atoms with Crippen LogP contribution in [0.5, 0.6) is 0 Å². The van der Waals surface area contributed by atoms with Crippen molar-refractivity contribution < 1.29 is 4.58 Å². The molecule has 0 spiro atoms. The number of anilines is 1. The molecule has 0 saturated carbocycles. The van der Waals surface area contributed by atoms with E-state index in [1.807, 2.05) is 19.9 Å². The molecule has 92 valence electrons. The van der Waals surface area contributed by atoms with Gasteiger partial charge < -0.3 is 0 Å². The number of aromatic nitrogens is 2. The van der Waals surface area contributed by atoms with E-state index in [1.165, 1.54) is 19.3 Å². The Morgan fingerprint density at radius 1 is 1.18 bits per heavy atom. The van der Waals surface area contributed by atoms with Gasteiger partial charge in [0, 0.05) is 11.4 Å². The number of nitrogens with two attached hydrogens (primary N) is 1. The first-order chi connectivity index (χ1) is 8.15. The number of guanidine groups is 1. The van der Waals surface area contributed by atoms with Gasteiger partial charge in [-0.1, -0.05) is 0 Å². The first kappa shape index (κ1) is 11.8. The van der Waals surface area contributed by atoms with E-state index in [4.69, 9.17) is 5.73 Å². The van der Waals surface area contributed by atoms with Crippen molar-refractivity contribution in [1.82, 2.24) is 9.97 Å². The van der Waals surface area contributed by atoms with Crippen molar-refractivity contribution in [1.29, 1.82) is 0 Å². The molecule has 1 aliphatic heterocycles. The third kappa shape index (κ3) is 3.15. The molecule has 1 aromatic rings. The highest BCUT2D eigenvalue weighted by atomic mass is 15.2. The molecular formula is C12H20N5+. The maximum absolute atomic E-state index is 6.03. The largest absolute Gasteiger partial charge is 0.350 e. The summed E-state index contributed by atoms with van der Waals surface area (Å²) in [5.41, 5.74) is 7.93. The SMILES string of the molecule is Cc1cc(C)nc(NC(N)=[N+]2CCCCC2)n1. The van der Waals surface area contributed by atoms with E-state index in [9.17, 15) is 0 Å². The Kier molecular flexibility index (Phi) is 3.56. The number of nitrogens with zero attached hydrogens (tertiary/aromatic N) is 3. The predicted molar refractivity (Wildman–Crippen MR) is 68.2 cm³/mol. The van der Waals surface area contributed by atoms with Crippen LogP contribution < -0.4 is 11.1 Å². The van der Waals surface area contributed by atoms with Crippen molar-refractivity contribution in [2.24, 2.45) is 5.73 Å². The van der Waals surface area contributed by atoms with Crippen molar-refractivity contribution >= 4 is 11.9 Å². The molecule has 1 aliphatic rings. The van der Waals surface area contributed by atoms with E-state index in [0.717, 1.165) is 24.5 Å². The van der Waals surface area contributed by atoms with Gasteiger partial charge in [-0.2, -0.15) is 0 Å². The van der Waals surface area contributed by atoms with Crippen LogP contribution in [-0.2, 0) is 0 Å². The minimum absolute atomic E-state index is 0.588. The van der Waals surface area contributed by atoms with Gasteiger partial charge in [-0.3, -0.25) is 10.3 Å². The maximum Gasteiger partial charge on any atom is 0.350 e. The van der Waals surface area contributed by atoms with Gasteiger partial charge in [0.15, 0.2) is 0 Å². The number of hydrogen-bond acceptors (Lipinski definition) is 2. The minimum atomic E-state index is 0.588. The molecule has 0 radical (unpaired) electrons. The summed E-state index contributed by atoms with van der Waals surface area (Å²) < 4.78 is 2.16. The van der Waals surface area contributed by atoms with E-state index in [2.05, 4.69) is 19.9 Å². The van der Waals surface area contributed by atoms with Crippen LogP contribution in [0.2, 0.25) is 0 Å². The van der Waals surface area contributed by atoms with Crippen LogP contribution in [0.3, 0.4) is 0 Å². The zero-order valence-corrected chi connectivity index (χ0v) is 10.5. The minimum Gasteiger partial charge on any atom is -0.290 e. The Hall–Kier alpha value is -1.65. The number of aryl methyl sites for hydroxylation is 2. The van der Waals surface area contributed by atoms with E-state index >= 15 is 0 Å². The number of rotatable bonds is 1. The average molecular weight is 234 g/mol. The first-order valence-electron chi connectivity index (χ1n) is 6.12. The monoisotopic (exact) mass is 234 g/mol. The van der Waals surface area contributed by atoms with E-state index in [-0.39, 0.29) is 0 Å².